The van der Waals surface area contributed by atoms with Crippen molar-refractivity contribution in [3.63, 3.8) is 0 Å². The maximum atomic E-state index is 10.6. The van der Waals surface area contributed by atoms with Gasteiger partial charge in [0.1, 0.15) is 11.9 Å². The number of aromatic amines is 1. The quantitative estimate of drug-likeness (QED) is 0.675. The Balaban J connectivity index is 1.41. The second-order valence-electron chi connectivity index (χ2n) is 7.27. The van der Waals surface area contributed by atoms with Crippen molar-refractivity contribution in [3.05, 3.63) is 71.1 Å². The number of aliphatic hydroxyl groups is 1. The van der Waals surface area contributed by atoms with E-state index in [1.165, 1.54) is 18.5 Å². The first-order chi connectivity index (χ1) is 13.2. The van der Waals surface area contributed by atoms with Gasteiger partial charge in [0.15, 0.2) is 0 Å². The molecule has 2 aromatic heterocycles. The minimum atomic E-state index is -0.675. The van der Waals surface area contributed by atoms with Crippen LogP contribution in [0.1, 0.15) is 54.3 Å². The summed E-state index contributed by atoms with van der Waals surface area (Å²) in [6, 6.07) is 11.7. The number of benzene rings is 1. The fraction of sp³-hybridized carbons (Fsp3) is 0.429. The van der Waals surface area contributed by atoms with Gasteiger partial charge in [0.25, 0.3) is 0 Å². The maximum Gasteiger partial charge on any atom is 0.123 e. The van der Waals surface area contributed by atoms with E-state index >= 15 is 0 Å². The summed E-state index contributed by atoms with van der Waals surface area (Å²) in [5.74, 6) is 1.09. The minimum absolute atomic E-state index is 0.675. The van der Waals surface area contributed by atoms with Gasteiger partial charge in [-0.3, -0.25) is 9.58 Å². The predicted octanol–water partition coefficient (Wildman–Crippen LogP) is 3.05. The average molecular weight is 365 g/mol. The molecule has 0 aliphatic carbocycles. The molecule has 6 nitrogen and oxygen atoms in total. The Hall–Kier alpha value is -2.44. The number of unbranched alkanes of at least 4 members (excludes halogenated alkanes) is 1. The maximum absolute atomic E-state index is 10.6. The fourth-order valence-electron chi connectivity index (χ4n) is 3.62. The van der Waals surface area contributed by atoms with Crippen LogP contribution in [0.3, 0.4) is 0 Å². The Kier molecular flexibility index (Phi) is 5.36. The Morgan fingerprint density at radius 1 is 1.22 bits per heavy atom. The Bertz CT molecular complexity index is 870. The lowest BCUT2D eigenvalue weighted by molar-refractivity contribution is 0.199. The second-order valence-corrected chi connectivity index (χ2v) is 7.27. The van der Waals surface area contributed by atoms with Crippen LogP contribution < -0.4 is 0 Å². The number of aliphatic hydroxyl groups excluding tert-OH is 1. The van der Waals surface area contributed by atoms with Gasteiger partial charge in [-0.25, -0.2) is 4.98 Å². The molecule has 1 aliphatic heterocycles. The molecule has 1 aromatic carbocycles. The highest BCUT2D eigenvalue weighted by Crippen LogP contribution is 2.24. The van der Waals surface area contributed by atoms with E-state index < -0.39 is 6.10 Å². The van der Waals surface area contributed by atoms with Crippen LogP contribution in [-0.4, -0.2) is 36.3 Å². The van der Waals surface area contributed by atoms with E-state index in [2.05, 4.69) is 26.9 Å². The molecule has 1 aliphatic rings. The zero-order valence-electron chi connectivity index (χ0n) is 15.8. The second kappa shape index (κ2) is 8.06. The predicted molar refractivity (Wildman–Crippen MR) is 104 cm³/mol. The molecule has 0 saturated heterocycles. The van der Waals surface area contributed by atoms with Crippen molar-refractivity contribution in [2.45, 2.75) is 51.9 Å². The normalized spacial score (nSPS) is 15.6. The van der Waals surface area contributed by atoms with Gasteiger partial charge in [0.05, 0.1) is 17.9 Å². The Morgan fingerprint density at radius 2 is 2.07 bits per heavy atom. The SMILES string of the molecule is CCCCc1ncc(CN2CCn3nc([C@H](O)c4ccccc4)cc3C2)[nH]1. The van der Waals surface area contributed by atoms with Crippen molar-refractivity contribution in [1.82, 2.24) is 24.6 Å². The molecule has 0 fully saturated rings. The summed E-state index contributed by atoms with van der Waals surface area (Å²) in [5.41, 5.74) is 3.92. The summed E-state index contributed by atoms with van der Waals surface area (Å²) in [5, 5.41) is 15.2. The third kappa shape index (κ3) is 4.12. The zero-order chi connectivity index (χ0) is 18.6. The van der Waals surface area contributed by atoms with Gasteiger partial charge in [0.2, 0.25) is 0 Å². The van der Waals surface area contributed by atoms with Gasteiger partial charge < -0.3 is 10.1 Å². The number of H-pyrrole nitrogens is 1. The molecule has 0 spiro atoms. The first-order valence-electron chi connectivity index (χ1n) is 9.77. The van der Waals surface area contributed by atoms with Crippen LogP contribution >= 0.6 is 0 Å². The molecular weight excluding hydrogens is 338 g/mol. The van der Waals surface area contributed by atoms with Crippen molar-refractivity contribution < 1.29 is 5.11 Å². The third-order valence-corrected chi connectivity index (χ3v) is 5.13. The largest absolute Gasteiger partial charge is 0.382 e. The fourth-order valence-corrected chi connectivity index (χ4v) is 3.62. The molecule has 1 atom stereocenters. The van der Waals surface area contributed by atoms with E-state index in [0.29, 0.717) is 0 Å². The molecule has 4 rings (SSSR count). The summed E-state index contributed by atoms with van der Waals surface area (Å²) < 4.78 is 2.03. The molecule has 6 heteroatoms. The Labute approximate surface area is 159 Å². The number of nitrogens with one attached hydrogen (secondary N) is 1. The molecular formula is C21H27N5O. The number of hydrogen-bond donors (Lipinski definition) is 2. The highest BCUT2D eigenvalue weighted by atomic mass is 16.3. The first-order valence-corrected chi connectivity index (χ1v) is 9.77. The van der Waals surface area contributed by atoms with Gasteiger partial charge in [-0.05, 0) is 18.1 Å². The van der Waals surface area contributed by atoms with Crippen molar-refractivity contribution >= 4 is 0 Å². The molecule has 0 bridgehead atoms. The summed E-state index contributed by atoms with van der Waals surface area (Å²) in [6.07, 6.45) is 4.66. The van der Waals surface area contributed by atoms with Gasteiger partial charge in [-0.2, -0.15) is 5.10 Å². The molecule has 0 amide bonds. The topological polar surface area (TPSA) is 70.0 Å². The lowest BCUT2D eigenvalue weighted by Crippen LogP contribution is -2.33. The summed E-state index contributed by atoms with van der Waals surface area (Å²) in [7, 11) is 0. The monoisotopic (exact) mass is 365 g/mol. The number of rotatable bonds is 7. The Morgan fingerprint density at radius 3 is 2.89 bits per heavy atom. The number of nitrogens with zero attached hydrogens (tertiary/aromatic N) is 4. The van der Waals surface area contributed by atoms with Gasteiger partial charge in [-0.15, -0.1) is 0 Å². The van der Waals surface area contributed by atoms with Crippen molar-refractivity contribution in [3.8, 4) is 0 Å². The van der Waals surface area contributed by atoms with Gasteiger partial charge >= 0.3 is 0 Å². The molecule has 27 heavy (non-hydrogen) atoms. The number of hydrogen-bond acceptors (Lipinski definition) is 4. The molecule has 3 aromatic rings. The standard InChI is InChI=1S/C21H27N5O/c1-2-3-9-20-22-13-17(23-20)14-25-10-11-26-18(15-25)12-19(24-26)21(27)16-7-5-4-6-8-16/h4-8,12-13,21,27H,2-3,9-11,14-15H2,1H3,(H,22,23)/t21-/m1/s1. The highest BCUT2D eigenvalue weighted by Gasteiger charge is 2.22. The van der Waals surface area contributed by atoms with Gasteiger partial charge in [-0.1, -0.05) is 43.7 Å². The van der Waals surface area contributed by atoms with E-state index in [0.717, 1.165) is 55.4 Å². The summed E-state index contributed by atoms with van der Waals surface area (Å²) >= 11 is 0. The van der Waals surface area contributed by atoms with E-state index in [1.807, 2.05) is 47.3 Å². The van der Waals surface area contributed by atoms with Crippen LogP contribution in [0.25, 0.3) is 0 Å². The summed E-state index contributed by atoms with van der Waals surface area (Å²) in [4.78, 5) is 10.3. The van der Waals surface area contributed by atoms with Crippen LogP contribution in [0.15, 0.2) is 42.6 Å². The number of aromatic nitrogens is 4. The lowest BCUT2D eigenvalue weighted by Gasteiger charge is -2.26. The first kappa shape index (κ1) is 17.9. The molecule has 0 saturated carbocycles. The molecule has 3 heterocycles. The number of imidazole rings is 1. The van der Waals surface area contributed by atoms with E-state index in [4.69, 9.17) is 0 Å². The molecule has 2 N–H and O–H groups in total. The highest BCUT2D eigenvalue weighted by molar-refractivity contribution is 5.27. The van der Waals surface area contributed by atoms with Gasteiger partial charge in [0, 0.05) is 37.9 Å². The number of fused-ring (bicyclic) bond motifs is 1. The average Bonchev–Trinajstić information content (AvgIpc) is 3.33. The smallest absolute Gasteiger partial charge is 0.123 e. The molecule has 0 radical (unpaired) electrons. The van der Waals surface area contributed by atoms with E-state index in [-0.39, 0.29) is 0 Å². The minimum Gasteiger partial charge on any atom is -0.382 e. The van der Waals surface area contributed by atoms with E-state index in [9.17, 15) is 5.11 Å². The van der Waals surface area contributed by atoms with Crippen LogP contribution in [0.2, 0.25) is 0 Å². The van der Waals surface area contributed by atoms with Crippen LogP contribution in [-0.2, 0) is 26.1 Å². The van der Waals surface area contributed by atoms with Crippen LogP contribution in [0.5, 0.6) is 0 Å². The third-order valence-electron chi connectivity index (χ3n) is 5.13. The van der Waals surface area contributed by atoms with Crippen molar-refractivity contribution in [2.75, 3.05) is 6.54 Å². The van der Waals surface area contributed by atoms with Crippen LogP contribution in [0.4, 0.5) is 0 Å². The van der Waals surface area contributed by atoms with Crippen molar-refractivity contribution in [1.29, 1.82) is 0 Å². The zero-order valence-corrected chi connectivity index (χ0v) is 15.8. The van der Waals surface area contributed by atoms with Crippen molar-refractivity contribution in [2.24, 2.45) is 0 Å². The van der Waals surface area contributed by atoms with Crippen LogP contribution in [0, 0.1) is 0 Å². The van der Waals surface area contributed by atoms with E-state index in [1.54, 1.807) is 0 Å². The number of aryl methyl sites for hydroxylation is 1. The molecule has 142 valence electrons. The lowest BCUT2D eigenvalue weighted by atomic mass is 10.1. The summed E-state index contributed by atoms with van der Waals surface area (Å²) in [6.45, 7) is 5.68. The molecule has 0 unspecified atom stereocenters.